The molecule has 0 aromatic carbocycles. The Labute approximate surface area is 102 Å². The van der Waals surface area contributed by atoms with Gasteiger partial charge in [-0.15, -0.1) is 0 Å². The molecule has 1 aliphatic carbocycles. The minimum absolute atomic E-state index is 0.762. The first kappa shape index (κ1) is 14.0. The van der Waals surface area contributed by atoms with Crippen molar-refractivity contribution in [2.24, 2.45) is 11.8 Å². The molecular weight excluding hydrogens is 194 g/mol. The monoisotopic (exact) mass is 225 g/mol. The van der Waals surface area contributed by atoms with Crippen molar-refractivity contribution in [3.05, 3.63) is 0 Å². The molecule has 0 aromatic heterocycles. The zero-order valence-electron chi connectivity index (χ0n) is 11.6. The van der Waals surface area contributed by atoms with Crippen LogP contribution < -0.4 is 5.32 Å². The first-order chi connectivity index (χ1) is 7.77. The number of nitrogens with one attached hydrogen (secondary N) is 1. The van der Waals surface area contributed by atoms with Crippen LogP contribution in [0.15, 0.2) is 0 Å². The van der Waals surface area contributed by atoms with E-state index < -0.39 is 0 Å². The summed E-state index contributed by atoms with van der Waals surface area (Å²) in [6.45, 7) is 8.09. The van der Waals surface area contributed by atoms with E-state index in [9.17, 15) is 0 Å². The summed E-state index contributed by atoms with van der Waals surface area (Å²) >= 11 is 0. The second-order valence-electron chi connectivity index (χ2n) is 5.64. The largest absolute Gasteiger partial charge is 0.314 e. The molecule has 0 heterocycles. The first-order valence-corrected chi connectivity index (χ1v) is 7.51. The van der Waals surface area contributed by atoms with Crippen LogP contribution in [0.5, 0.6) is 0 Å². The normalized spacial score (nSPS) is 22.7. The summed E-state index contributed by atoms with van der Waals surface area (Å²) in [4.78, 5) is 0. The maximum absolute atomic E-state index is 3.70. The number of hydrogen-bond acceptors (Lipinski definition) is 1. The van der Waals surface area contributed by atoms with Crippen LogP contribution in [-0.4, -0.2) is 12.6 Å². The van der Waals surface area contributed by atoms with Crippen molar-refractivity contribution in [3.8, 4) is 0 Å². The average Bonchev–Trinajstić information content (AvgIpc) is 2.56. The molecule has 1 heteroatoms. The van der Waals surface area contributed by atoms with Gasteiger partial charge >= 0.3 is 0 Å². The van der Waals surface area contributed by atoms with E-state index in [1.165, 1.54) is 51.4 Å². The molecule has 96 valence electrons. The average molecular weight is 225 g/mol. The molecule has 1 N–H and O–H groups in total. The Kier molecular flexibility index (Phi) is 7.11. The predicted molar refractivity (Wildman–Crippen MR) is 72.7 cm³/mol. The number of hydrogen-bond donors (Lipinski definition) is 1. The first-order valence-electron chi connectivity index (χ1n) is 7.51. The fourth-order valence-corrected chi connectivity index (χ4v) is 3.02. The molecule has 0 aliphatic heterocycles. The van der Waals surface area contributed by atoms with Crippen LogP contribution in [0.1, 0.15) is 72.1 Å². The van der Waals surface area contributed by atoms with Gasteiger partial charge in [0.2, 0.25) is 0 Å². The quantitative estimate of drug-likeness (QED) is 0.662. The van der Waals surface area contributed by atoms with Gasteiger partial charge < -0.3 is 5.32 Å². The molecule has 0 saturated heterocycles. The molecule has 2 atom stereocenters. The Hall–Kier alpha value is -0.0400. The molecule has 1 saturated carbocycles. The summed E-state index contributed by atoms with van der Waals surface area (Å²) in [7, 11) is 0. The van der Waals surface area contributed by atoms with E-state index in [4.69, 9.17) is 0 Å². The lowest BCUT2D eigenvalue weighted by Crippen LogP contribution is -2.36. The molecule has 0 radical (unpaired) electrons. The van der Waals surface area contributed by atoms with Crippen LogP contribution in [0.4, 0.5) is 0 Å². The second-order valence-corrected chi connectivity index (χ2v) is 5.64. The van der Waals surface area contributed by atoms with Crippen molar-refractivity contribution < 1.29 is 0 Å². The van der Waals surface area contributed by atoms with Gasteiger partial charge in [-0.2, -0.15) is 0 Å². The molecule has 1 nitrogen and oxygen atoms in total. The summed E-state index contributed by atoms with van der Waals surface area (Å²) < 4.78 is 0. The van der Waals surface area contributed by atoms with Crippen molar-refractivity contribution in [3.63, 3.8) is 0 Å². The highest BCUT2D eigenvalue weighted by molar-refractivity contribution is 4.77. The highest BCUT2D eigenvalue weighted by Gasteiger charge is 2.20. The van der Waals surface area contributed by atoms with E-state index in [1.54, 1.807) is 0 Å². The molecule has 1 rings (SSSR count). The Bertz CT molecular complexity index is 159. The lowest BCUT2D eigenvalue weighted by atomic mass is 9.86. The van der Waals surface area contributed by atoms with E-state index in [2.05, 4.69) is 26.1 Å². The summed E-state index contributed by atoms with van der Waals surface area (Å²) in [5, 5.41) is 3.70. The zero-order valence-corrected chi connectivity index (χ0v) is 11.6. The van der Waals surface area contributed by atoms with Gasteiger partial charge in [0.15, 0.2) is 0 Å². The summed E-state index contributed by atoms with van der Waals surface area (Å²) in [6, 6.07) is 0.762. The zero-order chi connectivity index (χ0) is 11.8. The minimum atomic E-state index is 0.762. The van der Waals surface area contributed by atoms with Crippen LogP contribution in [-0.2, 0) is 0 Å². The van der Waals surface area contributed by atoms with Gasteiger partial charge in [-0.25, -0.2) is 0 Å². The Morgan fingerprint density at radius 3 is 2.19 bits per heavy atom. The van der Waals surface area contributed by atoms with Gasteiger partial charge in [-0.1, -0.05) is 65.7 Å². The summed E-state index contributed by atoms with van der Waals surface area (Å²) in [6.07, 6.45) is 11.6. The molecule has 0 amide bonds. The van der Waals surface area contributed by atoms with Crippen LogP contribution in [0.25, 0.3) is 0 Å². The lowest BCUT2D eigenvalue weighted by molar-refractivity contribution is 0.286. The number of rotatable bonds is 6. The molecular formula is C15H31N. The van der Waals surface area contributed by atoms with E-state index in [1.807, 2.05) is 0 Å². The molecule has 0 bridgehead atoms. The predicted octanol–water partition coefficient (Wildman–Crippen LogP) is 4.37. The van der Waals surface area contributed by atoms with Crippen LogP contribution in [0, 0.1) is 11.8 Å². The molecule has 0 spiro atoms. The third-order valence-electron chi connectivity index (χ3n) is 4.36. The maximum atomic E-state index is 3.70. The van der Waals surface area contributed by atoms with Crippen molar-refractivity contribution in [2.45, 2.75) is 78.2 Å². The second kappa shape index (κ2) is 8.11. The van der Waals surface area contributed by atoms with Gasteiger partial charge in [-0.05, 0) is 24.8 Å². The lowest BCUT2D eigenvalue weighted by Gasteiger charge is -2.28. The van der Waals surface area contributed by atoms with Crippen molar-refractivity contribution in [2.75, 3.05) is 6.54 Å². The maximum Gasteiger partial charge on any atom is 0.00951 e. The standard InChI is InChI=1S/C15H31N/c1-4-13(3)15(16-5-2)12-14-10-8-6-7-9-11-14/h13-16H,4-12H2,1-3H3. The fraction of sp³-hybridized carbons (Fsp3) is 1.00. The van der Waals surface area contributed by atoms with Gasteiger partial charge in [0.1, 0.15) is 0 Å². The van der Waals surface area contributed by atoms with E-state index >= 15 is 0 Å². The highest BCUT2D eigenvalue weighted by Crippen LogP contribution is 2.28. The van der Waals surface area contributed by atoms with Crippen molar-refractivity contribution >= 4 is 0 Å². The van der Waals surface area contributed by atoms with E-state index in [0.29, 0.717) is 0 Å². The summed E-state index contributed by atoms with van der Waals surface area (Å²) in [5.74, 6) is 1.84. The fourth-order valence-electron chi connectivity index (χ4n) is 3.02. The molecule has 1 aliphatic rings. The summed E-state index contributed by atoms with van der Waals surface area (Å²) in [5.41, 5.74) is 0. The Morgan fingerprint density at radius 1 is 1.06 bits per heavy atom. The third kappa shape index (κ3) is 4.86. The molecule has 1 fully saturated rings. The van der Waals surface area contributed by atoms with Gasteiger partial charge in [0, 0.05) is 6.04 Å². The smallest absolute Gasteiger partial charge is 0.00951 e. The third-order valence-corrected chi connectivity index (χ3v) is 4.36. The molecule has 0 aromatic rings. The minimum Gasteiger partial charge on any atom is -0.314 e. The topological polar surface area (TPSA) is 12.0 Å². The molecule has 16 heavy (non-hydrogen) atoms. The Morgan fingerprint density at radius 2 is 1.69 bits per heavy atom. The SMILES string of the molecule is CCNC(CC1CCCCCC1)C(C)CC. The van der Waals surface area contributed by atoms with Crippen molar-refractivity contribution in [1.82, 2.24) is 5.32 Å². The van der Waals surface area contributed by atoms with E-state index in [-0.39, 0.29) is 0 Å². The van der Waals surface area contributed by atoms with Gasteiger partial charge in [0.25, 0.3) is 0 Å². The Balaban J connectivity index is 2.39. The van der Waals surface area contributed by atoms with Gasteiger partial charge in [0.05, 0.1) is 0 Å². The van der Waals surface area contributed by atoms with Gasteiger partial charge in [-0.3, -0.25) is 0 Å². The van der Waals surface area contributed by atoms with E-state index in [0.717, 1.165) is 24.4 Å². The van der Waals surface area contributed by atoms with Crippen LogP contribution in [0.2, 0.25) is 0 Å². The van der Waals surface area contributed by atoms with Crippen LogP contribution in [0.3, 0.4) is 0 Å². The molecule has 2 unspecified atom stereocenters. The highest BCUT2D eigenvalue weighted by atomic mass is 14.9. The van der Waals surface area contributed by atoms with Crippen LogP contribution >= 0.6 is 0 Å². The van der Waals surface area contributed by atoms with Crippen molar-refractivity contribution in [1.29, 1.82) is 0 Å².